The van der Waals surface area contributed by atoms with Gasteiger partial charge in [-0.05, 0) is 49.6 Å². The van der Waals surface area contributed by atoms with Crippen molar-refractivity contribution in [1.29, 1.82) is 5.26 Å². The molecule has 0 aromatic heterocycles. The number of aliphatic hydroxyl groups excluding tert-OH is 1. The molecule has 3 rings (SSSR count). The van der Waals surface area contributed by atoms with Crippen LogP contribution in [-0.2, 0) is 19.5 Å². The Kier molecular flexibility index (Phi) is 8.80. The van der Waals surface area contributed by atoms with E-state index < -0.39 is 26.6 Å². The van der Waals surface area contributed by atoms with Crippen molar-refractivity contribution in [3.05, 3.63) is 46.5 Å². The maximum Gasteiger partial charge on any atom is 0.337 e. The fourth-order valence-corrected chi connectivity index (χ4v) is 5.31. The van der Waals surface area contributed by atoms with E-state index in [0.717, 1.165) is 38.5 Å². The second kappa shape index (κ2) is 11.6. The molecule has 0 saturated carbocycles. The number of piperidine rings is 1. The summed E-state index contributed by atoms with van der Waals surface area (Å²) in [6.07, 6.45) is 2.57. The van der Waals surface area contributed by atoms with Gasteiger partial charge in [0.05, 0.1) is 60.5 Å². The van der Waals surface area contributed by atoms with Crippen molar-refractivity contribution in [2.75, 3.05) is 43.1 Å². The molecule has 10 nitrogen and oxygen atoms in total. The first-order valence-electron chi connectivity index (χ1n) is 10.8. The Bertz CT molecular complexity index is 1230. The molecule has 0 amide bonds. The molecular weight excluding hydrogens is 498 g/mol. The van der Waals surface area contributed by atoms with E-state index in [1.54, 1.807) is 0 Å². The largest absolute Gasteiger partial charge is 0.507 e. The number of aliphatic hydroxyl groups is 1. The molecule has 1 fully saturated rings. The molecule has 0 spiro atoms. The number of ether oxygens (including phenoxy) is 2. The molecule has 2 aromatic rings. The highest BCUT2D eigenvalue weighted by Crippen LogP contribution is 2.38. The van der Waals surface area contributed by atoms with Crippen LogP contribution in [0.4, 0.5) is 11.4 Å². The number of nitriles is 1. The number of hydrogen-bond acceptors (Lipinski definition) is 9. The number of carbonyl (C=O) groups is 1. The number of carbonyl (C=O) groups excluding carboxylic acids is 1. The molecule has 12 heteroatoms. The van der Waals surface area contributed by atoms with Gasteiger partial charge in [-0.1, -0.05) is 11.6 Å². The number of nitrogens with one attached hydrogen (secondary N) is 1. The molecule has 1 aliphatic heterocycles. The first kappa shape index (κ1) is 26.6. The average Bonchev–Trinajstić information content (AvgIpc) is 2.85. The second-order valence-electron chi connectivity index (χ2n) is 7.88. The maximum absolute atomic E-state index is 13.3. The number of anilines is 2. The monoisotopic (exact) mass is 523 g/mol. The van der Waals surface area contributed by atoms with Crippen LogP contribution >= 0.6 is 11.6 Å². The van der Waals surface area contributed by atoms with Crippen molar-refractivity contribution in [2.24, 2.45) is 0 Å². The van der Waals surface area contributed by atoms with Crippen LogP contribution in [0.2, 0.25) is 5.02 Å². The van der Waals surface area contributed by atoms with Crippen molar-refractivity contribution >= 4 is 39.0 Å². The number of phenolic OH excluding ortho intramolecular Hbond substituents is 1. The fourth-order valence-electron chi connectivity index (χ4n) is 3.92. The lowest BCUT2D eigenvalue weighted by Crippen LogP contribution is -2.43. The van der Waals surface area contributed by atoms with Gasteiger partial charge >= 0.3 is 5.97 Å². The summed E-state index contributed by atoms with van der Waals surface area (Å²) in [5, 5.41) is 28.9. The fraction of sp³-hybridized carbons (Fsp3) is 0.391. The predicted octanol–water partition coefficient (Wildman–Crippen LogP) is 2.87. The van der Waals surface area contributed by atoms with Gasteiger partial charge in [-0.25, -0.2) is 13.2 Å². The topological polar surface area (TPSA) is 149 Å². The normalized spacial score (nSPS) is 15.9. The lowest BCUT2D eigenvalue weighted by molar-refractivity contribution is 0.0600. The van der Waals surface area contributed by atoms with Crippen LogP contribution in [0.5, 0.6) is 5.75 Å². The number of benzene rings is 2. The smallest absolute Gasteiger partial charge is 0.337 e. The summed E-state index contributed by atoms with van der Waals surface area (Å²) in [5.74, 6) is -1.33. The molecule has 0 bridgehead atoms. The van der Waals surface area contributed by atoms with E-state index in [1.165, 1.54) is 18.2 Å². The van der Waals surface area contributed by atoms with Gasteiger partial charge in [-0.3, -0.25) is 4.72 Å². The van der Waals surface area contributed by atoms with Gasteiger partial charge in [0.25, 0.3) is 10.0 Å². The summed E-state index contributed by atoms with van der Waals surface area (Å²) in [6, 6.07) is 8.02. The van der Waals surface area contributed by atoms with Crippen LogP contribution in [0.25, 0.3) is 0 Å². The quantitative estimate of drug-likeness (QED) is 0.333. The minimum atomic E-state index is -4.40. The Labute approximate surface area is 208 Å². The van der Waals surface area contributed by atoms with Crippen molar-refractivity contribution < 1.29 is 32.9 Å². The van der Waals surface area contributed by atoms with Gasteiger partial charge in [0.2, 0.25) is 0 Å². The first-order chi connectivity index (χ1) is 16.7. The number of halogens is 1. The third-order valence-corrected chi connectivity index (χ3v) is 7.31. The SMILES string of the molecule is COC(=O)c1ccc(O)c(S(=O)(=O)Nc2cc(C#N)c(Cl)cc2N2CCCC[C@H]2COCCO)c1. The summed E-state index contributed by atoms with van der Waals surface area (Å²) >= 11 is 6.30. The Morgan fingerprint density at radius 3 is 2.77 bits per heavy atom. The number of nitrogens with zero attached hydrogens (tertiary/aromatic N) is 2. The highest BCUT2D eigenvalue weighted by atomic mass is 35.5. The van der Waals surface area contributed by atoms with Crippen molar-refractivity contribution in [3.63, 3.8) is 0 Å². The second-order valence-corrected chi connectivity index (χ2v) is 9.94. The van der Waals surface area contributed by atoms with Crippen LogP contribution in [-0.4, -0.2) is 64.1 Å². The minimum Gasteiger partial charge on any atom is -0.507 e. The number of esters is 1. The molecular formula is C23H26ClN3O7S. The third-order valence-electron chi connectivity index (χ3n) is 5.60. The standard InChI is InChI=1S/C23H26ClN3O7S/c1-33-23(30)15-5-6-21(29)22(11-15)35(31,32)26-19-10-16(13-25)18(24)12-20(19)27-7-3-2-4-17(27)14-34-9-8-28/h5-6,10-12,17,26,28-29H,2-4,7-9,14H2,1H3/t17-/m0/s1. The molecule has 1 atom stereocenters. The van der Waals surface area contributed by atoms with E-state index in [9.17, 15) is 23.6 Å². The van der Waals surface area contributed by atoms with Gasteiger partial charge in [-0.2, -0.15) is 5.26 Å². The third kappa shape index (κ3) is 6.15. The molecule has 0 radical (unpaired) electrons. The number of phenols is 1. The first-order valence-corrected chi connectivity index (χ1v) is 12.7. The molecule has 35 heavy (non-hydrogen) atoms. The molecule has 1 saturated heterocycles. The molecule has 3 N–H and O–H groups in total. The molecule has 0 unspecified atom stereocenters. The van der Waals surface area contributed by atoms with Crippen LogP contribution < -0.4 is 9.62 Å². The molecule has 188 valence electrons. The highest BCUT2D eigenvalue weighted by molar-refractivity contribution is 7.92. The van der Waals surface area contributed by atoms with E-state index in [2.05, 4.69) is 9.46 Å². The van der Waals surface area contributed by atoms with E-state index in [0.29, 0.717) is 18.8 Å². The molecule has 1 heterocycles. The van der Waals surface area contributed by atoms with E-state index in [1.807, 2.05) is 11.0 Å². The Hall–Kier alpha value is -3.04. The summed E-state index contributed by atoms with van der Waals surface area (Å²) < 4.78 is 39.2. The number of sulfonamides is 1. The van der Waals surface area contributed by atoms with Crippen molar-refractivity contribution in [2.45, 2.75) is 30.2 Å². The van der Waals surface area contributed by atoms with E-state index >= 15 is 0 Å². The maximum atomic E-state index is 13.3. The zero-order valence-electron chi connectivity index (χ0n) is 19.0. The zero-order chi connectivity index (χ0) is 25.6. The Balaban J connectivity index is 2.05. The van der Waals surface area contributed by atoms with Gasteiger partial charge < -0.3 is 24.6 Å². The Morgan fingerprint density at radius 1 is 1.31 bits per heavy atom. The van der Waals surface area contributed by atoms with Gasteiger partial charge in [0.15, 0.2) is 0 Å². The lowest BCUT2D eigenvalue weighted by Gasteiger charge is -2.38. The summed E-state index contributed by atoms with van der Waals surface area (Å²) in [4.78, 5) is 13.3. The number of methoxy groups -OCH3 is 1. The summed E-state index contributed by atoms with van der Waals surface area (Å²) in [6.45, 7) is 0.960. The van der Waals surface area contributed by atoms with E-state index in [-0.39, 0.29) is 41.1 Å². The van der Waals surface area contributed by atoms with Crippen LogP contribution in [0.3, 0.4) is 0 Å². The lowest BCUT2D eigenvalue weighted by atomic mass is 10.0. The van der Waals surface area contributed by atoms with Gasteiger partial charge in [0.1, 0.15) is 16.7 Å². The summed E-state index contributed by atoms with van der Waals surface area (Å²) in [7, 11) is -3.24. The van der Waals surface area contributed by atoms with E-state index in [4.69, 9.17) is 21.4 Å². The van der Waals surface area contributed by atoms with Crippen molar-refractivity contribution in [3.8, 4) is 11.8 Å². The number of rotatable bonds is 9. The highest BCUT2D eigenvalue weighted by Gasteiger charge is 2.29. The van der Waals surface area contributed by atoms with Crippen molar-refractivity contribution in [1.82, 2.24) is 0 Å². The minimum absolute atomic E-state index is 0.0585. The van der Waals surface area contributed by atoms with Crippen LogP contribution in [0.1, 0.15) is 35.2 Å². The summed E-state index contributed by atoms with van der Waals surface area (Å²) in [5.41, 5.74) is 0.531. The van der Waals surface area contributed by atoms with Crippen LogP contribution in [0, 0.1) is 11.3 Å². The van der Waals surface area contributed by atoms with Gasteiger partial charge in [0, 0.05) is 6.54 Å². The predicted molar refractivity (Wildman–Crippen MR) is 129 cm³/mol. The number of aromatic hydroxyl groups is 1. The van der Waals surface area contributed by atoms with Crippen LogP contribution in [0.15, 0.2) is 35.2 Å². The molecule has 2 aromatic carbocycles. The Morgan fingerprint density at radius 2 is 2.09 bits per heavy atom. The molecule has 0 aliphatic carbocycles. The number of hydrogen-bond donors (Lipinski definition) is 3. The van der Waals surface area contributed by atoms with Gasteiger partial charge in [-0.15, -0.1) is 0 Å². The average molecular weight is 524 g/mol. The zero-order valence-corrected chi connectivity index (χ0v) is 20.6. The molecule has 1 aliphatic rings.